The lowest BCUT2D eigenvalue weighted by atomic mass is 10.1. The normalized spacial score (nSPS) is 13.0. The van der Waals surface area contributed by atoms with Gasteiger partial charge in [-0.2, -0.15) is 0 Å². The monoisotopic (exact) mass is 248 g/mol. The fourth-order valence-corrected chi connectivity index (χ4v) is 1.91. The average molecular weight is 250 g/mol. The van der Waals surface area contributed by atoms with Crippen LogP contribution in [0.25, 0.3) is 0 Å². The van der Waals surface area contributed by atoms with Crippen LogP contribution in [-0.4, -0.2) is 6.54 Å². The van der Waals surface area contributed by atoms with Gasteiger partial charge in [-0.1, -0.05) is 33.6 Å². The molecule has 4 heteroatoms. The molecule has 0 amide bonds. The molecule has 0 saturated heterocycles. The largest absolute Gasteiger partial charge is 0.329 e. The average Bonchev–Trinajstić information content (AvgIpc) is 2.03. The molecule has 66 valence electrons. The number of hydrogen-bond donors (Lipinski definition) is 2. The van der Waals surface area contributed by atoms with Crippen molar-refractivity contribution < 1.29 is 0 Å². The summed E-state index contributed by atoms with van der Waals surface area (Å²) in [6.07, 6.45) is 0. The van der Waals surface area contributed by atoms with Gasteiger partial charge in [0.15, 0.2) is 0 Å². The maximum atomic E-state index is 5.76. The van der Waals surface area contributed by atoms with Gasteiger partial charge in [-0.25, -0.2) is 0 Å². The fraction of sp³-hybridized carbons (Fsp3) is 0.250. The highest BCUT2D eigenvalue weighted by molar-refractivity contribution is 9.10. The lowest BCUT2D eigenvalue weighted by Crippen LogP contribution is -2.21. The van der Waals surface area contributed by atoms with Crippen molar-refractivity contribution in [3.8, 4) is 0 Å². The number of nitrogens with two attached hydrogens (primary N) is 2. The van der Waals surface area contributed by atoms with Crippen molar-refractivity contribution in [2.45, 2.75) is 6.04 Å². The molecular formula is C8H10BrClN2. The lowest BCUT2D eigenvalue weighted by Gasteiger charge is -2.10. The molecular weight excluding hydrogens is 239 g/mol. The number of hydrogen-bond acceptors (Lipinski definition) is 2. The molecule has 1 aromatic carbocycles. The van der Waals surface area contributed by atoms with Crippen molar-refractivity contribution in [2.75, 3.05) is 6.54 Å². The van der Waals surface area contributed by atoms with Gasteiger partial charge in [0.2, 0.25) is 0 Å². The second-order valence-corrected chi connectivity index (χ2v) is 3.80. The third-order valence-electron chi connectivity index (χ3n) is 1.62. The minimum absolute atomic E-state index is 0.128. The van der Waals surface area contributed by atoms with Crippen LogP contribution < -0.4 is 11.5 Å². The Labute approximate surface area is 85.0 Å². The first-order chi connectivity index (χ1) is 5.65. The molecule has 0 bridgehead atoms. The van der Waals surface area contributed by atoms with E-state index in [9.17, 15) is 0 Å². The smallest absolute Gasteiger partial charge is 0.0430 e. The van der Waals surface area contributed by atoms with Crippen LogP contribution in [0.5, 0.6) is 0 Å². The number of halogens is 2. The molecule has 0 spiro atoms. The first-order valence-electron chi connectivity index (χ1n) is 3.55. The van der Waals surface area contributed by atoms with Gasteiger partial charge < -0.3 is 11.5 Å². The van der Waals surface area contributed by atoms with E-state index in [2.05, 4.69) is 15.9 Å². The Morgan fingerprint density at radius 1 is 1.50 bits per heavy atom. The van der Waals surface area contributed by atoms with Crippen molar-refractivity contribution in [1.29, 1.82) is 0 Å². The van der Waals surface area contributed by atoms with E-state index in [-0.39, 0.29) is 6.04 Å². The minimum atomic E-state index is -0.128. The van der Waals surface area contributed by atoms with Gasteiger partial charge >= 0.3 is 0 Å². The fourth-order valence-electron chi connectivity index (χ4n) is 0.929. The van der Waals surface area contributed by atoms with Gasteiger partial charge in [-0.3, -0.25) is 0 Å². The van der Waals surface area contributed by atoms with Crippen molar-refractivity contribution in [1.82, 2.24) is 0 Å². The maximum absolute atomic E-state index is 5.76. The van der Waals surface area contributed by atoms with E-state index >= 15 is 0 Å². The van der Waals surface area contributed by atoms with E-state index in [1.165, 1.54) is 0 Å². The van der Waals surface area contributed by atoms with Crippen molar-refractivity contribution >= 4 is 27.5 Å². The quantitative estimate of drug-likeness (QED) is 0.843. The predicted octanol–water partition coefficient (Wildman–Crippen LogP) is 2.06. The maximum Gasteiger partial charge on any atom is 0.0430 e. The Balaban J connectivity index is 3.01. The summed E-state index contributed by atoms with van der Waals surface area (Å²) in [5.74, 6) is 0. The Hall–Kier alpha value is -0.0900. The first-order valence-corrected chi connectivity index (χ1v) is 4.73. The molecule has 1 atom stereocenters. The first kappa shape index (κ1) is 9.99. The zero-order valence-corrected chi connectivity index (χ0v) is 8.77. The SMILES string of the molecule is NCC(N)c1ccc(Cl)cc1Br. The topological polar surface area (TPSA) is 52.0 Å². The highest BCUT2D eigenvalue weighted by Crippen LogP contribution is 2.24. The summed E-state index contributed by atoms with van der Waals surface area (Å²) in [4.78, 5) is 0. The molecule has 1 rings (SSSR count). The predicted molar refractivity (Wildman–Crippen MR) is 55.1 cm³/mol. The Morgan fingerprint density at radius 3 is 2.67 bits per heavy atom. The Kier molecular flexibility index (Phi) is 3.53. The van der Waals surface area contributed by atoms with Crippen LogP contribution in [0.2, 0.25) is 5.02 Å². The molecule has 0 aliphatic rings. The van der Waals surface area contributed by atoms with Gasteiger partial charge in [-0.15, -0.1) is 0 Å². The molecule has 0 radical (unpaired) electrons. The summed E-state index contributed by atoms with van der Waals surface area (Å²) in [6, 6.07) is 5.37. The van der Waals surface area contributed by atoms with E-state index in [0.29, 0.717) is 11.6 Å². The van der Waals surface area contributed by atoms with Crippen LogP contribution in [0.3, 0.4) is 0 Å². The third kappa shape index (κ3) is 2.20. The van der Waals surface area contributed by atoms with Gasteiger partial charge in [0.1, 0.15) is 0 Å². The second-order valence-electron chi connectivity index (χ2n) is 2.51. The minimum Gasteiger partial charge on any atom is -0.329 e. The van der Waals surface area contributed by atoms with E-state index in [4.69, 9.17) is 23.1 Å². The summed E-state index contributed by atoms with van der Waals surface area (Å²) in [5.41, 5.74) is 12.2. The zero-order chi connectivity index (χ0) is 9.14. The van der Waals surface area contributed by atoms with Crippen molar-refractivity contribution in [3.63, 3.8) is 0 Å². The van der Waals surface area contributed by atoms with E-state index in [0.717, 1.165) is 10.0 Å². The Bertz CT molecular complexity index is 278. The van der Waals surface area contributed by atoms with Gasteiger partial charge in [0.05, 0.1) is 0 Å². The summed E-state index contributed by atoms with van der Waals surface area (Å²) >= 11 is 9.13. The molecule has 1 unspecified atom stereocenters. The van der Waals surface area contributed by atoms with E-state index in [1.807, 2.05) is 12.1 Å². The molecule has 0 fully saturated rings. The van der Waals surface area contributed by atoms with Crippen LogP contribution >= 0.6 is 27.5 Å². The van der Waals surface area contributed by atoms with Gasteiger partial charge in [0.25, 0.3) is 0 Å². The molecule has 12 heavy (non-hydrogen) atoms. The molecule has 4 N–H and O–H groups in total. The summed E-state index contributed by atoms with van der Waals surface area (Å²) in [5, 5.41) is 0.690. The van der Waals surface area contributed by atoms with E-state index in [1.54, 1.807) is 6.07 Å². The standard InChI is InChI=1S/C8H10BrClN2/c9-7-3-5(10)1-2-6(7)8(12)4-11/h1-3,8H,4,11-12H2. The highest BCUT2D eigenvalue weighted by Gasteiger charge is 2.07. The van der Waals surface area contributed by atoms with E-state index < -0.39 is 0 Å². The molecule has 0 heterocycles. The van der Waals surface area contributed by atoms with Crippen LogP contribution in [0.15, 0.2) is 22.7 Å². The van der Waals surface area contributed by atoms with Gasteiger partial charge in [-0.05, 0) is 17.7 Å². The Morgan fingerprint density at radius 2 is 2.17 bits per heavy atom. The lowest BCUT2D eigenvalue weighted by molar-refractivity contribution is 0.733. The summed E-state index contributed by atoms with van der Waals surface area (Å²) in [7, 11) is 0. The second kappa shape index (κ2) is 4.23. The van der Waals surface area contributed by atoms with Gasteiger partial charge in [0, 0.05) is 22.1 Å². The number of rotatable bonds is 2. The highest BCUT2D eigenvalue weighted by atomic mass is 79.9. The van der Waals surface area contributed by atoms with Crippen molar-refractivity contribution in [3.05, 3.63) is 33.3 Å². The summed E-state index contributed by atoms with van der Waals surface area (Å²) < 4.78 is 0.910. The zero-order valence-electron chi connectivity index (χ0n) is 6.43. The molecule has 0 aliphatic carbocycles. The van der Waals surface area contributed by atoms with Crippen LogP contribution in [0.1, 0.15) is 11.6 Å². The van der Waals surface area contributed by atoms with Crippen LogP contribution in [-0.2, 0) is 0 Å². The van der Waals surface area contributed by atoms with Crippen LogP contribution in [0, 0.1) is 0 Å². The third-order valence-corrected chi connectivity index (χ3v) is 2.54. The summed E-state index contributed by atoms with van der Waals surface area (Å²) in [6.45, 7) is 0.431. The van der Waals surface area contributed by atoms with Crippen LogP contribution in [0.4, 0.5) is 0 Å². The number of benzene rings is 1. The van der Waals surface area contributed by atoms with Crippen molar-refractivity contribution in [2.24, 2.45) is 11.5 Å². The molecule has 0 aliphatic heterocycles. The molecule has 1 aromatic rings. The molecule has 0 saturated carbocycles. The molecule has 2 nitrogen and oxygen atoms in total. The molecule has 0 aromatic heterocycles.